The highest BCUT2D eigenvalue weighted by molar-refractivity contribution is 7.98. The molecule has 0 aliphatic carbocycles. The van der Waals surface area contributed by atoms with Gasteiger partial charge < -0.3 is 16.4 Å². The third kappa shape index (κ3) is 4.73. The maximum absolute atomic E-state index is 11.9. The highest BCUT2D eigenvalue weighted by Crippen LogP contribution is 2.25. The zero-order chi connectivity index (χ0) is 13.5. The van der Waals surface area contributed by atoms with Gasteiger partial charge in [-0.05, 0) is 32.3 Å². The molecular weight excluding hydrogens is 268 g/mol. The van der Waals surface area contributed by atoms with E-state index in [9.17, 15) is 4.79 Å². The molecule has 1 rings (SSSR count). The fourth-order valence-corrected chi connectivity index (χ4v) is 2.68. The molecule has 4 N–H and O–H groups in total. The predicted molar refractivity (Wildman–Crippen MR) is 80.6 cm³/mol. The summed E-state index contributed by atoms with van der Waals surface area (Å²) in [6.45, 7) is 4.70. The number of amides is 1. The Labute approximate surface area is 116 Å². The van der Waals surface area contributed by atoms with Crippen molar-refractivity contribution < 1.29 is 4.79 Å². The summed E-state index contributed by atoms with van der Waals surface area (Å²) in [5, 5.41) is 6.68. The fraction of sp³-hybridized carbons (Fsp3) is 0.636. The van der Waals surface area contributed by atoms with Crippen molar-refractivity contribution in [3.05, 3.63) is 4.88 Å². The van der Waals surface area contributed by atoms with Gasteiger partial charge in [-0.1, -0.05) is 11.3 Å². The van der Waals surface area contributed by atoms with Crippen molar-refractivity contribution in [3.63, 3.8) is 0 Å². The molecule has 5 nitrogen and oxygen atoms in total. The molecule has 0 radical (unpaired) electrons. The smallest absolute Gasteiger partial charge is 0.265 e. The Bertz CT molecular complexity index is 392. The summed E-state index contributed by atoms with van der Waals surface area (Å²) >= 11 is 3.06. The standard InChI is InChI=1S/C11H20N4OS2/c1-7(2)14-11-15-9(12)8(18-11)10(16)13-5-4-6-17-3/h7H,4-6,12H2,1-3H3,(H,13,16)(H,14,15). The SMILES string of the molecule is CSCCCNC(=O)c1sc(NC(C)C)nc1N. The third-order valence-electron chi connectivity index (χ3n) is 2.08. The summed E-state index contributed by atoms with van der Waals surface area (Å²) in [6.07, 6.45) is 3.01. The second kappa shape index (κ2) is 7.48. The van der Waals surface area contributed by atoms with Gasteiger partial charge in [-0.3, -0.25) is 4.79 Å². The normalized spacial score (nSPS) is 10.7. The van der Waals surface area contributed by atoms with Crippen molar-refractivity contribution in [1.29, 1.82) is 0 Å². The van der Waals surface area contributed by atoms with E-state index in [4.69, 9.17) is 5.73 Å². The zero-order valence-corrected chi connectivity index (χ0v) is 12.6. The molecule has 102 valence electrons. The lowest BCUT2D eigenvalue weighted by molar-refractivity contribution is 0.0958. The molecular formula is C11H20N4OS2. The van der Waals surface area contributed by atoms with Crippen molar-refractivity contribution in [2.75, 3.05) is 29.6 Å². The maximum Gasteiger partial charge on any atom is 0.265 e. The van der Waals surface area contributed by atoms with Crippen molar-refractivity contribution in [2.45, 2.75) is 26.3 Å². The van der Waals surface area contributed by atoms with E-state index in [-0.39, 0.29) is 11.9 Å². The molecule has 1 heterocycles. The van der Waals surface area contributed by atoms with E-state index in [0.717, 1.165) is 12.2 Å². The van der Waals surface area contributed by atoms with Crippen LogP contribution in [0.25, 0.3) is 0 Å². The van der Waals surface area contributed by atoms with Crippen LogP contribution in [0, 0.1) is 0 Å². The first-order valence-corrected chi connectivity index (χ1v) is 8.05. The molecule has 0 fully saturated rings. The molecule has 1 amide bonds. The number of nitrogens with one attached hydrogen (secondary N) is 2. The number of hydrogen-bond donors (Lipinski definition) is 3. The van der Waals surface area contributed by atoms with Gasteiger partial charge in [-0.15, -0.1) is 0 Å². The Balaban J connectivity index is 2.54. The van der Waals surface area contributed by atoms with Gasteiger partial charge in [0.25, 0.3) is 5.91 Å². The highest BCUT2D eigenvalue weighted by atomic mass is 32.2. The van der Waals surface area contributed by atoms with E-state index in [0.29, 0.717) is 22.4 Å². The Morgan fingerprint density at radius 3 is 2.89 bits per heavy atom. The van der Waals surface area contributed by atoms with Crippen LogP contribution < -0.4 is 16.4 Å². The number of hydrogen-bond acceptors (Lipinski definition) is 6. The maximum atomic E-state index is 11.9. The molecule has 0 saturated carbocycles. The van der Waals surface area contributed by atoms with E-state index >= 15 is 0 Å². The zero-order valence-electron chi connectivity index (χ0n) is 10.9. The van der Waals surface area contributed by atoms with Crippen LogP contribution in [0.4, 0.5) is 10.9 Å². The highest BCUT2D eigenvalue weighted by Gasteiger charge is 2.15. The van der Waals surface area contributed by atoms with Gasteiger partial charge in [-0.25, -0.2) is 4.98 Å². The minimum Gasteiger partial charge on any atom is -0.382 e. The largest absolute Gasteiger partial charge is 0.382 e. The first-order valence-electron chi connectivity index (χ1n) is 5.84. The topological polar surface area (TPSA) is 80.0 Å². The average Bonchev–Trinajstić information content (AvgIpc) is 2.64. The Kier molecular flexibility index (Phi) is 6.28. The number of aromatic nitrogens is 1. The minimum atomic E-state index is -0.136. The predicted octanol–water partition coefficient (Wildman–Crippen LogP) is 2.03. The Morgan fingerprint density at radius 1 is 1.56 bits per heavy atom. The molecule has 0 bridgehead atoms. The number of carbonyl (C=O) groups is 1. The molecule has 0 atom stereocenters. The van der Waals surface area contributed by atoms with Gasteiger partial charge in [-0.2, -0.15) is 11.8 Å². The summed E-state index contributed by atoms with van der Waals surface area (Å²) < 4.78 is 0. The molecule has 18 heavy (non-hydrogen) atoms. The summed E-state index contributed by atoms with van der Waals surface area (Å²) in [7, 11) is 0. The van der Waals surface area contributed by atoms with Crippen LogP contribution in [0.5, 0.6) is 0 Å². The van der Waals surface area contributed by atoms with Gasteiger partial charge in [0, 0.05) is 12.6 Å². The Morgan fingerprint density at radius 2 is 2.28 bits per heavy atom. The molecule has 0 saturated heterocycles. The summed E-state index contributed by atoms with van der Waals surface area (Å²) in [5.41, 5.74) is 5.74. The number of nitrogen functional groups attached to an aromatic ring is 1. The van der Waals surface area contributed by atoms with Crippen LogP contribution in [0.3, 0.4) is 0 Å². The van der Waals surface area contributed by atoms with Crippen molar-refractivity contribution >= 4 is 40.0 Å². The number of nitrogens with zero attached hydrogens (tertiary/aromatic N) is 1. The first-order chi connectivity index (χ1) is 8.54. The summed E-state index contributed by atoms with van der Waals surface area (Å²) in [5.74, 6) is 1.20. The Hall–Kier alpha value is -0.950. The van der Waals surface area contributed by atoms with Gasteiger partial charge in [0.05, 0.1) is 0 Å². The number of rotatable bonds is 7. The molecule has 1 aromatic rings. The number of nitrogens with two attached hydrogens (primary N) is 1. The van der Waals surface area contributed by atoms with Crippen molar-refractivity contribution in [3.8, 4) is 0 Å². The molecule has 0 aliphatic heterocycles. The van der Waals surface area contributed by atoms with Gasteiger partial charge in [0.1, 0.15) is 10.7 Å². The van der Waals surface area contributed by atoms with E-state index in [1.54, 1.807) is 11.8 Å². The van der Waals surface area contributed by atoms with Crippen LogP contribution >= 0.6 is 23.1 Å². The minimum absolute atomic E-state index is 0.136. The third-order valence-corrected chi connectivity index (χ3v) is 3.78. The monoisotopic (exact) mass is 288 g/mol. The lowest BCUT2D eigenvalue weighted by Gasteiger charge is -2.04. The molecule has 0 aliphatic rings. The van der Waals surface area contributed by atoms with Crippen molar-refractivity contribution in [2.24, 2.45) is 0 Å². The first kappa shape index (κ1) is 15.1. The number of anilines is 2. The lowest BCUT2D eigenvalue weighted by Crippen LogP contribution is -2.24. The number of carbonyl (C=O) groups excluding carboxylic acids is 1. The molecule has 0 aromatic carbocycles. The van der Waals surface area contributed by atoms with Crippen LogP contribution in [0.15, 0.2) is 0 Å². The summed E-state index contributed by atoms with van der Waals surface area (Å²) in [4.78, 5) is 16.5. The van der Waals surface area contributed by atoms with Gasteiger partial charge in [0.15, 0.2) is 5.13 Å². The van der Waals surface area contributed by atoms with Crippen LogP contribution in [-0.4, -0.2) is 35.5 Å². The fourth-order valence-electron chi connectivity index (χ4n) is 1.30. The lowest BCUT2D eigenvalue weighted by atomic mass is 10.4. The van der Waals surface area contributed by atoms with Crippen LogP contribution in [0.1, 0.15) is 29.9 Å². The van der Waals surface area contributed by atoms with E-state index in [2.05, 4.69) is 15.6 Å². The molecule has 0 unspecified atom stereocenters. The number of thiazole rings is 1. The van der Waals surface area contributed by atoms with Crippen LogP contribution in [-0.2, 0) is 0 Å². The van der Waals surface area contributed by atoms with E-state index in [1.807, 2.05) is 20.1 Å². The molecule has 1 aromatic heterocycles. The van der Waals surface area contributed by atoms with Gasteiger partial charge in [0.2, 0.25) is 0 Å². The van der Waals surface area contributed by atoms with Crippen molar-refractivity contribution in [1.82, 2.24) is 10.3 Å². The van der Waals surface area contributed by atoms with E-state index < -0.39 is 0 Å². The van der Waals surface area contributed by atoms with Gasteiger partial charge >= 0.3 is 0 Å². The quantitative estimate of drug-likeness (QED) is 0.669. The van der Waals surface area contributed by atoms with Crippen LogP contribution in [0.2, 0.25) is 0 Å². The van der Waals surface area contributed by atoms with E-state index in [1.165, 1.54) is 11.3 Å². The molecule has 7 heteroatoms. The number of thioether (sulfide) groups is 1. The summed E-state index contributed by atoms with van der Waals surface area (Å²) in [6, 6.07) is 0.271. The second-order valence-electron chi connectivity index (χ2n) is 4.13. The average molecular weight is 288 g/mol. The second-order valence-corrected chi connectivity index (χ2v) is 6.12. The molecule has 0 spiro atoms.